The first kappa shape index (κ1) is 11.2. The molecular formula is C7H14O5S. The Balaban J connectivity index is 2.66. The molecule has 0 bridgehead atoms. The van der Waals surface area contributed by atoms with Gasteiger partial charge < -0.3 is 25.2 Å². The SMILES string of the molecule is CS[C@H]1O[C@H](CO)[C@H](O)[C@H](O)[C@H]1O. The van der Waals surface area contributed by atoms with Gasteiger partial charge in [0.1, 0.15) is 29.9 Å². The fourth-order valence-electron chi connectivity index (χ4n) is 1.26. The minimum absolute atomic E-state index is 0.373. The summed E-state index contributed by atoms with van der Waals surface area (Å²) in [5.74, 6) is 0. The largest absolute Gasteiger partial charge is 0.394 e. The van der Waals surface area contributed by atoms with Gasteiger partial charge in [0.25, 0.3) is 0 Å². The molecular weight excluding hydrogens is 196 g/mol. The third kappa shape index (κ3) is 2.15. The Morgan fingerprint density at radius 2 is 1.77 bits per heavy atom. The molecule has 4 N–H and O–H groups in total. The van der Waals surface area contributed by atoms with Crippen LogP contribution < -0.4 is 0 Å². The molecule has 1 saturated heterocycles. The van der Waals surface area contributed by atoms with E-state index in [1.165, 1.54) is 11.8 Å². The van der Waals surface area contributed by atoms with E-state index in [1.54, 1.807) is 6.26 Å². The topological polar surface area (TPSA) is 90.2 Å². The monoisotopic (exact) mass is 210 g/mol. The summed E-state index contributed by atoms with van der Waals surface area (Å²) in [4.78, 5) is 0. The molecule has 0 saturated carbocycles. The first-order chi connectivity index (χ1) is 6.11. The number of hydrogen-bond donors (Lipinski definition) is 4. The van der Waals surface area contributed by atoms with Gasteiger partial charge in [-0.3, -0.25) is 0 Å². The lowest BCUT2D eigenvalue weighted by atomic mass is 10.0. The second-order valence-corrected chi connectivity index (χ2v) is 3.87. The van der Waals surface area contributed by atoms with Crippen LogP contribution in [0.3, 0.4) is 0 Å². The maximum Gasteiger partial charge on any atom is 0.132 e. The van der Waals surface area contributed by atoms with Crippen molar-refractivity contribution in [3.05, 3.63) is 0 Å². The highest BCUT2D eigenvalue weighted by Gasteiger charge is 2.42. The lowest BCUT2D eigenvalue weighted by molar-refractivity contribution is -0.205. The summed E-state index contributed by atoms with van der Waals surface area (Å²) in [5.41, 5.74) is -0.601. The van der Waals surface area contributed by atoms with Crippen LogP contribution in [0.4, 0.5) is 0 Å². The summed E-state index contributed by atoms with van der Waals surface area (Å²) in [5, 5.41) is 36.8. The van der Waals surface area contributed by atoms with E-state index in [0.717, 1.165) is 0 Å². The zero-order valence-electron chi connectivity index (χ0n) is 7.20. The molecule has 1 heterocycles. The molecule has 0 aromatic heterocycles. The highest BCUT2D eigenvalue weighted by molar-refractivity contribution is 7.99. The summed E-state index contributed by atoms with van der Waals surface area (Å²) < 4.78 is 5.13. The maximum atomic E-state index is 9.38. The molecule has 1 aliphatic heterocycles. The maximum absolute atomic E-state index is 9.38. The van der Waals surface area contributed by atoms with Gasteiger partial charge in [-0.15, -0.1) is 11.8 Å². The summed E-state index contributed by atoms with van der Waals surface area (Å²) in [7, 11) is 0. The Morgan fingerprint density at radius 3 is 2.23 bits per heavy atom. The highest BCUT2D eigenvalue weighted by atomic mass is 32.2. The Hall–Kier alpha value is 0.150. The van der Waals surface area contributed by atoms with Gasteiger partial charge in [0.05, 0.1) is 6.61 Å². The summed E-state index contributed by atoms with van der Waals surface area (Å²) in [6.07, 6.45) is -2.72. The van der Waals surface area contributed by atoms with E-state index in [-0.39, 0.29) is 6.61 Å². The van der Waals surface area contributed by atoms with Gasteiger partial charge in [0.15, 0.2) is 0 Å². The molecule has 0 aromatic carbocycles. The van der Waals surface area contributed by atoms with Crippen molar-refractivity contribution in [2.75, 3.05) is 12.9 Å². The van der Waals surface area contributed by atoms with Crippen molar-refractivity contribution in [3.63, 3.8) is 0 Å². The van der Waals surface area contributed by atoms with Crippen LogP contribution in [0.25, 0.3) is 0 Å². The highest BCUT2D eigenvalue weighted by Crippen LogP contribution is 2.26. The number of aliphatic hydroxyl groups excluding tert-OH is 4. The number of thioether (sulfide) groups is 1. The van der Waals surface area contributed by atoms with Gasteiger partial charge in [-0.1, -0.05) is 0 Å². The van der Waals surface area contributed by atoms with E-state index < -0.39 is 29.9 Å². The minimum Gasteiger partial charge on any atom is -0.394 e. The van der Waals surface area contributed by atoms with Gasteiger partial charge >= 0.3 is 0 Å². The number of aliphatic hydroxyl groups is 4. The lowest BCUT2D eigenvalue weighted by Crippen LogP contribution is -2.57. The van der Waals surface area contributed by atoms with E-state index in [4.69, 9.17) is 9.84 Å². The molecule has 13 heavy (non-hydrogen) atoms. The van der Waals surface area contributed by atoms with E-state index in [1.807, 2.05) is 0 Å². The normalized spacial score (nSPS) is 46.4. The second kappa shape index (κ2) is 4.59. The Labute approximate surface area is 80.3 Å². The van der Waals surface area contributed by atoms with Crippen molar-refractivity contribution in [3.8, 4) is 0 Å². The summed E-state index contributed by atoms with van der Waals surface area (Å²) >= 11 is 1.22. The molecule has 1 aliphatic rings. The van der Waals surface area contributed by atoms with Crippen molar-refractivity contribution in [1.29, 1.82) is 0 Å². The standard InChI is InChI=1S/C7H14O5S/c1-13-7-6(11)5(10)4(9)3(2-8)12-7/h3-11H,2H2,1H3/t3-,4+,5+,6-,7-/m1/s1. The average molecular weight is 210 g/mol. The zero-order chi connectivity index (χ0) is 10.0. The molecule has 0 aromatic rings. The van der Waals surface area contributed by atoms with Crippen LogP contribution in [0.1, 0.15) is 0 Å². The zero-order valence-corrected chi connectivity index (χ0v) is 8.02. The summed E-state index contributed by atoms with van der Waals surface area (Å²) in [6.45, 7) is -0.373. The third-order valence-corrected chi connectivity index (χ3v) is 2.94. The van der Waals surface area contributed by atoms with E-state index in [2.05, 4.69) is 0 Å². The lowest BCUT2D eigenvalue weighted by Gasteiger charge is -2.39. The molecule has 5 atom stereocenters. The van der Waals surface area contributed by atoms with Crippen molar-refractivity contribution in [2.24, 2.45) is 0 Å². The van der Waals surface area contributed by atoms with Crippen molar-refractivity contribution < 1.29 is 25.2 Å². The van der Waals surface area contributed by atoms with Gasteiger partial charge in [0.2, 0.25) is 0 Å². The molecule has 0 aliphatic carbocycles. The molecule has 1 fully saturated rings. The average Bonchev–Trinajstić information content (AvgIpc) is 2.15. The van der Waals surface area contributed by atoms with Crippen LogP contribution in [0, 0.1) is 0 Å². The van der Waals surface area contributed by atoms with Crippen LogP contribution in [-0.4, -0.2) is 63.1 Å². The Bertz CT molecular complexity index is 147. The van der Waals surface area contributed by atoms with E-state index in [9.17, 15) is 15.3 Å². The van der Waals surface area contributed by atoms with Crippen LogP contribution in [-0.2, 0) is 4.74 Å². The van der Waals surface area contributed by atoms with Crippen LogP contribution in [0.15, 0.2) is 0 Å². The number of ether oxygens (including phenoxy) is 1. The predicted molar refractivity (Wildman–Crippen MR) is 47.3 cm³/mol. The smallest absolute Gasteiger partial charge is 0.132 e. The first-order valence-corrected chi connectivity index (χ1v) is 5.24. The van der Waals surface area contributed by atoms with Gasteiger partial charge in [-0.05, 0) is 6.26 Å². The fourth-order valence-corrected chi connectivity index (χ4v) is 1.96. The second-order valence-electron chi connectivity index (χ2n) is 2.93. The Kier molecular flexibility index (Phi) is 3.96. The van der Waals surface area contributed by atoms with Crippen LogP contribution >= 0.6 is 11.8 Å². The first-order valence-electron chi connectivity index (χ1n) is 3.95. The van der Waals surface area contributed by atoms with Crippen molar-refractivity contribution >= 4 is 11.8 Å². The molecule has 1 rings (SSSR count). The van der Waals surface area contributed by atoms with Crippen molar-refractivity contribution in [1.82, 2.24) is 0 Å². The minimum atomic E-state index is -1.26. The quantitative estimate of drug-likeness (QED) is 0.428. The number of hydrogen-bond acceptors (Lipinski definition) is 6. The number of rotatable bonds is 2. The van der Waals surface area contributed by atoms with E-state index in [0.29, 0.717) is 0 Å². The van der Waals surface area contributed by atoms with Gasteiger partial charge in [-0.25, -0.2) is 0 Å². The van der Waals surface area contributed by atoms with Crippen LogP contribution in [0.5, 0.6) is 0 Å². The predicted octanol–water partition coefficient (Wildman–Crippen LogP) is -1.85. The Morgan fingerprint density at radius 1 is 1.15 bits per heavy atom. The van der Waals surface area contributed by atoms with Gasteiger partial charge in [-0.2, -0.15) is 0 Å². The molecule has 6 heteroatoms. The fraction of sp³-hybridized carbons (Fsp3) is 1.00. The molecule has 78 valence electrons. The van der Waals surface area contributed by atoms with E-state index >= 15 is 0 Å². The summed E-state index contributed by atoms with van der Waals surface area (Å²) in [6, 6.07) is 0. The van der Waals surface area contributed by atoms with Crippen LogP contribution in [0.2, 0.25) is 0 Å². The van der Waals surface area contributed by atoms with Gasteiger partial charge in [0, 0.05) is 0 Å². The van der Waals surface area contributed by atoms with Crippen molar-refractivity contribution in [2.45, 2.75) is 29.9 Å². The molecule has 0 unspecified atom stereocenters. The molecule has 0 amide bonds. The molecule has 5 nitrogen and oxygen atoms in total. The molecule has 0 spiro atoms. The third-order valence-electron chi connectivity index (χ3n) is 2.08. The molecule has 0 radical (unpaired) electrons.